The van der Waals surface area contributed by atoms with Crippen molar-refractivity contribution in [1.82, 2.24) is 14.7 Å². The molecule has 1 N–H and O–H groups in total. The third-order valence-corrected chi connectivity index (χ3v) is 5.20. The topological polar surface area (TPSA) is 50.2 Å². The van der Waals surface area contributed by atoms with Crippen LogP contribution in [0.2, 0.25) is 0 Å². The summed E-state index contributed by atoms with van der Waals surface area (Å²) >= 11 is 0. The summed E-state index contributed by atoms with van der Waals surface area (Å²) < 4.78 is 15.7. The molecule has 2 aromatic rings. The van der Waals surface area contributed by atoms with E-state index in [0.29, 0.717) is 17.3 Å². The van der Waals surface area contributed by atoms with E-state index in [9.17, 15) is 9.18 Å². The highest BCUT2D eigenvalue weighted by molar-refractivity contribution is 5.89. The number of amides is 2. The molecule has 2 aliphatic rings. The molecule has 0 unspecified atom stereocenters. The summed E-state index contributed by atoms with van der Waals surface area (Å²) in [6.07, 6.45) is 5.54. The van der Waals surface area contributed by atoms with Crippen LogP contribution in [0.1, 0.15) is 49.3 Å². The Morgan fingerprint density at radius 2 is 2.08 bits per heavy atom. The first kappa shape index (κ1) is 16.1. The van der Waals surface area contributed by atoms with Crippen LogP contribution in [0.5, 0.6) is 0 Å². The predicted molar refractivity (Wildman–Crippen MR) is 93.8 cm³/mol. The Morgan fingerprint density at radius 3 is 2.72 bits per heavy atom. The average molecular weight is 342 g/mol. The van der Waals surface area contributed by atoms with Gasteiger partial charge in [-0.25, -0.2) is 9.18 Å². The van der Waals surface area contributed by atoms with Crippen molar-refractivity contribution in [3.63, 3.8) is 0 Å². The zero-order chi connectivity index (χ0) is 17.4. The van der Waals surface area contributed by atoms with Crippen LogP contribution >= 0.6 is 0 Å². The molecule has 6 heteroatoms. The van der Waals surface area contributed by atoms with Crippen molar-refractivity contribution in [1.29, 1.82) is 0 Å². The highest BCUT2D eigenvalue weighted by atomic mass is 19.1. The predicted octanol–water partition coefficient (Wildman–Crippen LogP) is 4.02. The number of carbonyl (C=O) groups is 1. The number of anilines is 1. The van der Waals surface area contributed by atoms with Gasteiger partial charge in [-0.3, -0.25) is 10.00 Å². The average Bonchev–Trinajstić information content (AvgIpc) is 3.30. The lowest BCUT2D eigenvalue weighted by molar-refractivity contribution is 0.205. The van der Waals surface area contributed by atoms with Crippen LogP contribution in [0.3, 0.4) is 0 Å². The quantitative estimate of drug-likeness (QED) is 0.892. The van der Waals surface area contributed by atoms with Gasteiger partial charge in [-0.15, -0.1) is 0 Å². The van der Waals surface area contributed by atoms with E-state index in [0.717, 1.165) is 18.5 Å². The number of rotatable bonds is 5. The molecule has 2 aliphatic carbocycles. The highest BCUT2D eigenvalue weighted by Gasteiger charge is 2.33. The smallest absolute Gasteiger partial charge is 0.317 e. The Morgan fingerprint density at radius 1 is 1.32 bits per heavy atom. The molecule has 2 saturated carbocycles. The minimum atomic E-state index is -0.270. The Bertz CT molecular complexity index is 779. The number of hydrogen-bond acceptors (Lipinski definition) is 2. The number of urea groups is 1. The second-order valence-corrected chi connectivity index (χ2v) is 7.09. The first-order chi connectivity index (χ1) is 12.1. The molecule has 0 saturated heterocycles. The van der Waals surface area contributed by atoms with Crippen LogP contribution in [0.25, 0.3) is 0 Å². The maximum Gasteiger partial charge on any atom is 0.323 e. The molecule has 1 aromatic heterocycles. The first-order valence-corrected chi connectivity index (χ1v) is 8.97. The van der Waals surface area contributed by atoms with Crippen molar-refractivity contribution < 1.29 is 9.18 Å². The van der Waals surface area contributed by atoms with Gasteiger partial charge in [0.05, 0.1) is 12.2 Å². The van der Waals surface area contributed by atoms with Gasteiger partial charge < -0.3 is 4.90 Å². The minimum Gasteiger partial charge on any atom is -0.317 e. The molecule has 0 atom stereocenters. The molecule has 1 heterocycles. The Balaban J connectivity index is 1.48. The van der Waals surface area contributed by atoms with Gasteiger partial charge in [0.2, 0.25) is 0 Å². The zero-order valence-electron chi connectivity index (χ0n) is 14.4. The molecule has 2 amide bonds. The first-order valence-electron chi connectivity index (χ1n) is 8.97. The Labute approximate surface area is 146 Å². The van der Waals surface area contributed by atoms with Crippen LogP contribution in [0.15, 0.2) is 30.3 Å². The second kappa shape index (κ2) is 6.50. The molecule has 25 heavy (non-hydrogen) atoms. The minimum absolute atomic E-state index is 0.186. The summed E-state index contributed by atoms with van der Waals surface area (Å²) in [5, 5.41) is 7.49. The molecule has 0 spiro atoms. The molecule has 1 aromatic carbocycles. The van der Waals surface area contributed by atoms with Gasteiger partial charge in [-0.1, -0.05) is 24.6 Å². The highest BCUT2D eigenvalue weighted by Crippen LogP contribution is 2.36. The molecular weight excluding hydrogens is 319 g/mol. The summed E-state index contributed by atoms with van der Waals surface area (Å²) in [6.45, 7) is 0.288. The van der Waals surface area contributed by atoms with Crippen molar-refractivity contribution in [2.24, 2.45) is 7.05 Å². The number of benzene rings is 1. The molecule has 0 aliphatic heterocycles. The van der Waals surface area contributed by atoms with E-state index in [1.54, 1.807) is 27.8 Å². The summed E-state index contributed by atoms with van der Waals surface area (Å²) in [5.74, 6) is 0.953. The number of nitrogens with one attached hydrogen (secondary N) is 1. The molecule has 0 radical (unpaired) electrons. The lowest BCUT2D eigenvalue weighted by atomic mass is 9.83. The molecule has 4 rings (SSSR count). The normalized spacial score (nSPS) is 17.2. The fourth-order valence-corrected chi connectivity index (χ4v) is 3.25. The van der Waals surface area contributed by atoms with Gasteiger partial charge in [0.15, 0.2) is 0 Å². The Kier molecular flexibility index (Phi) is 4.19. The van der Waals surface area contributed by atoms with E-state index in [-0.39, 0.29) is 24.4 Å². The van der Waals surface area contributed by atoms with Crippen molar-refractivity contribution in [2.75, 3.05) is 5.32 Å². The zero-order valence-corrected chi connectivity index (χ0v) is 14.4. The summed E-state index contributed by atoms with van der Waals surface area (Å²) in [4.78, 5) is 14.5. The number of nitrogens with zero attached hydrogens (tertiary/aromatic N) is 3. The van der Waals surface area contributed by atoms with Gasteiger partial charge in [0.25, 0.3) is 0 Å². The van der Waals surface area contributed by atoms with Crippen LogP contribution < -0.4 is 5.32 Å². The van der Waals surface area contributed by atoms with Gasteiger partial charge in [0.1, 0.15) is 11.6 Å². The van der Waals surface area contributed by atoms with E-state index in [4.69, 9.17) is 0 Å². The third-order valence-electron chi connectivity index (χ3n) is 5.20. The van der Waals surface area contributed by atoms with Gasteiger partial charge >= 0.3 is 6.03 Å². The van der Waals surface area contributed by atoms with E-state index in [2.05, 4.69) is 10.4 Å². The number of halogens is 1. The lowest BCUT2D eigenvalue weighted by Crippen LogP contribution is -2.37. The van der Waals surface area contributed by atoms with Crippen molar-refractivity contribution >= 4 is 11.8 Å². The Hall–Kier alpha value is -2.37. The molecule has 0 bridgehead atoms. The summed E-state index contributed by atoms with van der Waals surface area (Å²) in [7, 11) is 1.84. The van der Waals surface area contributed by atoms with E-state index >= 15 is 0 Å². The number of aromatic nitrogens is 2. The second-order valence-electron chi connectivity index (χ2n) is 7.09. The van der Waals surface area contributed by atoms with Gasteiger partial charge in [-0.2, -0.15) is 5.10 Å². The van der Waals surface area contributed by atoms with Gasteiger partial charge in [-0.05, 0) is 31.7 Å². The fourth-order valence-electron chi connectivity index (χ4n) is 3.25. The number of aryl methyl sites for hydroxylation is 1. The van der Waals surface area contributed by atoms with E-state index in [1.165, 1.54) is 25.3 Å². The molecule has 132 valence electrons. The molecule has 5 nitrogen and oxygen atoms in total. The summed E-state index contributed by atoms with van der Waals surface area (Å²) in [5.41, 5.74) is 1.60. The monoisotopic (exact) mass is 342 g/mol. The number of hydrogen-bond donors (Lipinski definition) is 1. The maximum atomic E-state index is 14.0. The van der Waals surface area contributed by atoms with E-state index < -0.39 is 0 Å². The number of carbonyl (C=O) groups excluding carboxylic acids is 1. The van der Waals surface area contributed by atoms with Crippen molar-refractivity contribution in [3.8, 4) is 0 Å². The SMILES string of the molecule is Cn1nc(C2CCC2)cc1NC(=O)N(Cc1ccccc1F)C1CC1. The third kappa shape index (κ3) is 3.38. The molecule has 2 fully saturated rings. The van der Waals surface area contributed by atoms with Gasteiger partial charge in [0, 0.05) is 30.6 Å². The van der Waals surface area contributed by atoms with Crippen LogP contribution in [0.4, 0.5) is 15.0 Å². The maximum absolute atomic E-state index is 14.0. The van der Waals surface area contributed by atoms with Crippen LogP contribution in [-0.2, 0) is 13.6 Å². The van der Waals surface area contributed by atoms with Crippen molar-refractivity contribution in [3.05, 3.63) is 47.4 Å². The van der Waals surface area contributed by atoms with Crippen LogP contribution in [-0.4, -0.2) is 26.8 Å². The van der Waals surface area contributed by atoms with Crippen molar-refractivity contribution in [2.45, 2.75) is 50.6 Å². The largest absolute Gasteiger partial charge is 0.323 e. The lowest BCUT2D eigenvalue weighted by Gasteiger charge is -2.23. The molecular formula is C19H23FN4O. The van der Waals surface area contributed by atoms with Crippen LogP contribution in [0, 0.1) is 5.82 Å². The van der Waals surface area contributed by atoms with E-state index in [1.807, 2.05) is 13.1 Å². The summed E-state index contributed by atoms with van der Waals surface area (Å²) in [6, 6.07) is 8.61. The standard InChI is InChI=1S/C19H23FN4O/c1-23-18(11-17(22-23)13-6-4-7-13)21-19(25)24(15-9-10-15)12-14-5-2-3-8-16(14)20/h2-3,5,8,11,13,15H,4,6-7,9-10,12H2,1H3,(H,21,25). The fraction of sp³-hybridized carbons (Fsp3) is 0.474.